The van der Waals surface area contributed by atoms with Crippen molar-refractivity contribution in [3.8, 4) is 0 Å². The lowest BCUT2D eigenvalue weighted by molar-refractivity contribution is -0.127. The predicted molar refractivity (Wildman–Crippen MR) is 131 cm³/mol. The minimum Gasteiger partial charge on any atom is -0.445 e. The van der Waals surface area contributed by atoms with Gasteiger partial charge in [0.05, 0.1) is 12.9 Å². The molecule has 0 radical (unpaired) electrons. The molecule has 1 atom stereocenters. The Morgan fingerprint density at radius 1 is 0.914 bits per heavy atom. The maximum atomic E-state index is 12.8. The highest BCUT2D eigenvalue weighted by atomic mass is 16.5. The Morgan fingerprint density at radius 2 is 1.60 bits per heavy atom. The SMILES string of the molecule is O=C(CNC(=O)OCc1ccccc1)N[C@@H](Cc1ccccc1)C(=O)NC=NCc1cccnc1. The molecule has 0 aliphatic carbocycles. The van der Waals surface area contributed by atoms with Gasteiger partial charge in [0.15, 0.2) is 0 Å². The lowest BCUT2D eigenvalue weighted by Gasteiger charge is -2.17. The van der Waals surface area contributed by atoms with Gasteiger partial charge in [-0.05, 0) is 22.8 Å². The number of rotatable bonds is 11. The second-order valence-corrected chi connectivity index (χ2v) is 7.56. The molecule has 180 valence electrons. The lowest BCUT2D eigenvalue weighted by atomic mass is 10.1. The molecule has 3 aromatic rings. The molecule has 9 heteroatoms. The van der Waals surface area contributed by atoms with E-state index in [1.807, 2.05) is 66.7 Å². The predicted octanol–water partition coefficient (Wildman–Crippen LogP) is 2.38. The Hall–Kier alpha value is -4.53. The summed E-state index contributed by atoms with van der Waals surface area (Å²) in [5.41, 5.74) is 2.60. The van der Waals surface area contributed by atoms with Gasteiger partial charge in [-0.2, -0.15) is 0 Å². The Labute approximate surface area is 203 Å². The van der Waals surface area contributed by atoms with Crippen molar-refractivity contribution in [2.75, 3.05) is 6.54 Å². The fourth-order valence-electron chi connectivity index (χ4n) is 3.08. The average Bonchev–Trinajstić information content (AvgIpc) is 2.90. The zero-order valence-electron chi connectivity index (χ0n) is 19.1. The van der Waals surface area contributed by atoms with Gasteiger partial charge in [0.25, 0.3) is 0 Å². The largest absolute Gasteiger partial charge is 0.445 e. The molecule has 3 rings (SSSR count). The molecule has 0 unspecified atom stereocenters. The number of aliphatic imine (C=N–C) groups is 1. The highest BCUT2D eigenvalue weighted by molar-refractivity contribution is 5.94. The first-order valence-corrected chi connectivity index (χ1v) is 11.1. The van der Waals surface area contributed by atoms with Gasteiger partial charge < -0.3 is 20.7 Å². The summed E-state index contributed by atoms with van der Waals surface area (Å²) in [4.78, 5) is 45.3. The van der Waals surface area contributed by atoms with Crippen LogP contribution in [0.1, 0.15) is 16.7 Å². The van der Waals surface area contributed by atoms with Crippen LogP contribution in [0.25, 0.3) is 0 Å². The molecule has 0 saturated carbocycles. The molecule has 35 heavy (non-hydrogen) atoms. The normalized spacial score (nSPS) is 11.4. The van der Waals surface area contributed by atoms with Crippen molar-refractivity contribution in [3.63, 3.8) is 0 Å². The number of carbonyl (C=O) groups excluding carboxylic acids is 3. The number of nitrogens with zero attached hydrogens (tertiary/aromatic N) is 2. The van der Waals surface area contributed by atoms with Crippen LogP contribution >= 0.6 is 0 Å². The van der Waals surface area contributed by atoms with Crippen LogP contribution in [0.15, 0.2) is 90.2 Å². The Bertz CT molecular complexity index is 1110. The second-order valence-electron chi connectivity index (χ2n) is 7.56. The van der Waals surface area contributed by atoms with E-state index in [1.54, 1.807) is 18.5 Å². The molecule has 3 N–H and O–H groups in total. The molecular formula is C26H27N5O4. The number of aromatic nitrogens is 1. The molecule has 0 aliphatic heterocycles. The summed E-state index contributed by atoms with van der Waals surface area (Å²) in [6, 6.07) is 21.3. The molecule has 1 heterocycles. The summed E-state index contributed by atoms with van der Waals surface area (Å²) in [5, 5.41) is 7.66. The molecule has 0 spiro atoms. The number of alkyl carbamates (subject to hydrolysis) is 1. The number of amides is 3. The van der Waals surface area contributed by atoms with E-state index < -0.39 is 23.9 Å². The van der Waals surface area contributed by atoms with E-state index >= 15 is 0 Å². The van der Waals surface area contributed by atoms with E-state index in [1.165, 1.54) is 6.34 Å². The summed E-state index contributed by atoms with van der Waals surface area (Å²) in [6.07, 6.45) is 4.21. The first-order valence-electron chi connectivity index (χ1n) is 11.1. The fraction of sp³-hybridized carbons (Fsp3) is 0.192. The number of benzene rings is 2. The van der Waals surface area contributed by atoms with Gasteiger partial charge in [-0.25, -0.2) is 4.79 Å². The number of hydrogen-bond acceptors (Lipinski definition) is 6. The molecule has 0 saturated heterocycles. The maximum absolute atomic E-state index is 12.8. The fourth-order valence-corrected chi connectivity index (χ4v) is 3.08. The van der Waals surface area contributed by atoms with Crippen molar-refractivity contribution >= 4 is 24.2 Å². The van der Waals surface area contributed by atoms with Crippen LogP contribution in [0.3, 0.4) is 0 Å². The Balaban J connectivity index is 1.50. The molecular weight excluding hydrogens is 446 g/mol. The van der Waals surface area contributed by atoms with Gasteiger partial charge in [-0.15, -0.1) is 0 Å². The third-order valence-electron chi connectivity index (χ3n) is 4.84. The Kier molecular flexibility index (Phi) is 9.96. The summed E-state index contributed by atoms with van der Waals surface area (Å²) >= 11 is 0. The van der Waals surface area contributed by atoms with Crippen molar-refractivity contribution in [2.45, 2.75) is 25.6 Å². The monoisotopic (exact) mass is 473 g/mol. The Morgan fingerprint density at radius 3 is 2.29 bits per heavy atom. The average molecular weight is 474 g/mol. The van der Waals surface area contributed by atoms with Crippen molar-refractivity contribution < 1.29 is 19.1 Å². The quantitative estimate of drug-likeness (QED) is 0.292. The van der Waals surface area contributed by atoms with E-state index in [2.05, 4.69) is 25.9 Å². The van der Waals surface area contributed by atoms with E-state index in [0.29, 0.717) is 6.54 Å². The smallest absolute Gasteiger partial charge is 0.407 e. The van der Waals surface area contributed by atoms with E-state index in [-0.39, 0.29) is 19.6 Å². The molecule has 0 fully saturated rings. The van der Waals surface area contributed by atoms with Crippen molar-refractivity contribution in [3.05, 3.63) is 102 Å². The summed E-state index contributed by atoms with van der Waals surface area (Å²) in [6.45, 7) is 0.117. The van der Waals surface area contributed by atoms with Gasteiger partial charge in [0, 0.05) is 18.8 Å². The third kappa shape index (κ3) is 9.47. The van der Waals surface area contributed by atoms with Crippen molar-refractivity contribution in [2.24, 2.45) is 4.99 Å². The zero-order chi connectivity index (χ0) is 24.7. The van der Waals surface area contributed by atoms with Gasteiger partial charge in [0.2, 0.25) is 11.8 Å². The van der Waals surface area contributed by atoms with Crippen LogP contribution in [0.4, 0.5) is 4.79 Å². The van der Waals surface area contributed by atoms with Gasteiger partial charge in [0.1, 0.15) is 19.2 Å². The number of pyridine rings is 1. The molecule has 2 aromatic carbocycles. The molecule has 3 amide bonds. The standard InChI is InChI=1S/C26H27N5O4/c32-24(17-29-26(34)35-18-21-10-5-2-6-11-21)31-23(14-20-8-3-1-4-9-20)25(33)30-19-28-16-22-12-7-13-27-15-22/h1-13,15,19,23H,14,16-18H2,(H,29,34)(H,31,32)(H,28,30,33)/t23-/m0/s1. The highest BCUT2D eigenvalue weighted by Gasteiger charge is 2.21. The van der Waals surface area contributed by atoms with Crippen LogP contribution in [-0.2, 0) is 33.9 Å². The van der Waals surface area contributed by atoms with Crippen LogP contribution < -0.4 is 16.0 Å². The zero-order valence-corrected chi connectivity index (χ0v) is 19.1. The lowest BCUT2D eigenvalue weighted by Crippen LogP contribution is -2.50. The molecule has 1 aromatic heterocycles. The van der Waals surface area contributed by atoms with Crippen LogP contribution in [0, 0.1) is 0 Å². The van der Waals surface area contributed by atoms with Crippen molar-refractivity contribution in [1.82, 2.24) is 20.9 Å². The minimum atomic E-state index is -0.864. The number of carbonyl (C=O) groups is 3. The first kappa shape index (κ1) is 25.1. The van der Waals surface area contributed by atoms with Gasteiger partial charge >= 0.3 is 6.09 Å². The highest BCUT2D eigenvalue weighted by Crippen LogP contribution is 2.04. The summed E-state index contributed by atoms with van der Waals surface area (Å²) in [5.74, 6) is -0.950. The van der Waals surface area contributed by atoms with Crippen LogP contribution in [0.2, 0.25) is 0 Å². The number of nitrogens with one attached hydrogen (secondary N) is 3. The third-order valence-corrected chi connectivity index (χ3v) is 4.84. The molecule has 0 bridgehead atoms. The minimum absolute atomic E-state index is 0.0890. The summed E-state index contributed by atoms with van der Waals surface area (Å²) in [7, 11) is 0. The van der Waals surface area contributed by atoms with Gasteiger partial charge in [-0.3, -0.25) is 19.6 Å². The number of hydrogen-bond donors (Lipinski definition) is 3. The van der Waals surface area contributed by atoms with Crippen LogP contribution in [0.5, 0.6) is 0 Å². The van der Waals surface area contributed by atoms with Crippen LogP contribution in [-0.4, -0.2) is 41.8 Å². The van der Waals surface area contributed by atoms with Gasteiger partial charge in [-0.1, -0.05) is 66.7 Å². The topological polar surface area (TPSA) is 122 Å². The molecule has 0 aliphatic rings. The summed E-state index contributed by atoms with van der Waals surface area (Å²) < 4.78 is 5.10. The van der Waals surface area contributed by atoms with E-state index in [9.17, 15) is 14.4 Å². The second kappa shape index (κ2) is 13.9. The van der Waals surface area contributed by atoms with Crippen molar-refractivity contribution in [1.29, 1.82) is 0 Å². The molecule has 9 nitrogen and oxygen atoms in total. The van der Waals surface area contributed by atoms with E-state index in [4.69, 9.17) is 4.74 Å². The maximum Gasteiger partial charge on any atom is 0.407 e. The number of ether oxygens (including phenoxy) is 1. The first-order chi connectivity index (χ1) is 17.1. The van der Waals surface area contributed by atoms with E-state index in [0.717, 1.165) is 16.7 Å².